The van der Waals surface area contributed by atoms with Gasteiger partial charge < -0.3 is 4.90 Å². The number of fused-ring (bicyclic) bond motifs is 3. The second-order valence-electron chi connectivity index (χ2n) is 6.79. The first kappa shape index (κ1) is 16.1. The van der Waals surface area contributed by atoms with Crippen LogP contribution < -0.4 is 4.90 Å². The lowest BCUT2D eigenvalue weighted by atomic mass is 10.1. The Hall–Kier alpha value is -3.10. The van der Waals surface area contributed by atoms with Gasteiger partial charge in [0.25, 0.3) is 0 Å². The van der Waals surface area contributed by atoms with E-state index in [-0.39, 0.29) is 0 Å². The van der Waals surface area contributed by atoms with Crippen LogP contribution in [0.2, 0.25) is 0 Å². The molecule has 0 N–H and O–H groups in total. The summed E-state index contributed by atoms with van der Waals surface area (Å²) in [5.74, 6) is 0. The van der Waals surface area contributed by atoms with Gasteiger partial charge in [-0.1, -0.05) is 54.6 Å². The van der Waals surface area contributed by atoms with Crippen LogP contribution in [0.25, 0.3) is 20.2 Å². The van der Waals surface area contributed by atoms with Crippen LogP contribution >= 0.6 is 11.3 Å². The van der Waals surface area contributed by atoms with E-state index in [9.17, 15) is 0 Å². The van der Waals surface area contributed by atoms with E-state index in [2.05, 4.69) is 109 Å². The van der Waals surface area contributed by atoms with Crippen molar-refractivity contribution in [3.05, 3.63) is 103 Å². The molecule has 130 valence electrons. The maximum Gasteiger partial charge on any atom is 0.0476 e. The van der Waals surface area contributed by atoms with Crippen LogP contribution in [0.5, 0.6) is 0 Å². The number of aryl methyl sites for hydroxylation is 1. The Labute approximate surface area is 163 Å². The molecule has 0 amide bonds. The fourth-order valence-corrected chi connectivity index (χ4v) is 4.78. The Kier molecular flexibility index (Phi) is 3.92. The van der Waals surface area contributed by atoms with Gasteiger partial charge in [-0.2, -0.15) is 0 Å². The third-order valence-corrected chi connectivity index (χ3v) is 6.03. The van der Waals surface area contributed by atoms with E-state index in [4.69, 9.17) is 0 Å². The zero-order valence-corrected chi connectivity index (χ0v) is 15.9. The van der Waals surface area contributed by atoms with Crippen LogP contribution in [0.15, 0.2) is 97.1 Å². The zero-order valence-electron chi connectivity index (χ0n) is 15.1. The number of anilines is 3. The van der Waals surface area contributed by atoms with Crippen molar-refractivity contribution in [2.75, 3.05) is 4.90 Å². The van der Waals surface area contributed by atoms with E-state index < -0.39 is 0 Å². The van der Waals surface area contributed by atoms with Gasteiger partial charge in [0.05, 0.1) is 0 Å². The first-order chi connectivity index (χ1) is 13.3. The lowest BCUT2D eigenvalue weighted by Gasteiger charge is -2.25. The molecule has 0 radical (unpaired) electrons. The van der Waals surface area contributed by atoms with Crippen LogP contribution in [0.3, 0.4) is 0 Å². The highest BCUT2D eigenvalue weighted by molar-refractivity contribution is 7.25. The summed E-state index contributed by atoms with van der Waals surface area (Å²) in [6.07, 6.45) is 0. The number of thiophene rings is 1. The maximum absolute atomic E-state index is 2.33. The highest BCUT2D eigenvalue weighted by atomic mass is 32.1. The molecular weight excluding hydrogens is 346 g/mol. The number of hydrogen-bond donors (Lipinski definition) is 0. The first-order valence-electron chi connectivity index (χ1n) is 9.13. The Morgan fingerprint density at radius 1 is 0.556 bits per heavy atom. The molecular formula is C25H19NS. The Balaban J connectivity index is 1.72. The third-order valence-electron chi connectivity index (χ3n) is 4.89. The molecule has 2 heteroatoms. The molecule has 0 aliphatic carbocycles. The summed E-state index contributed by atoms with van der Waals surface area (Å²) in [6, 6.07) is 34.7. The lowest BCUT2D eigenvalue weighted by Crippen LogP contribution is -2.09. The predicted octanol–water partition coefficient (Wildman–Crippen LogP) is 7.83. The molecule has 0 fully saturated rings. The number of rotatable bonds is 3. The van der Waals surface area contributed by atoms with E-state index >= 15 is 0 Å². The summed E-state index contributed by atoms with van der Waals surface area (Å²) in [5.41, 5.74) is 4.80. The summed E-state index contributed by atoms with van der Waals surface area (Å²) >= 11 is 1.86. The van der Waals surface area contributed by atoms with E-state index in [0.29, 0.717) is 0 Å². The highest BCUT2D eigenvalue weighted by Crippen LogP contribution is 2.40. The predicted molar refractivity (Wildman–Crippen MR) is 119 cm³/mol. The van der Waals surface area contributed by atoms with E-state index in [1.807, 2.05) is 11.3 Å². The molecule has 1 nitrogen and oxygen atoms in total. The monoisotopic (exact) mass is 365 g/mol. The van der Waals surface area contributed by atoms with Crippen molar-refractivity contribution in [3.63, 3.8) is 0 Å². The molecule has 0 unspecified atom stereocenters. The number of hydrogen-bond acceptors (Lipinski definition) is 2. The molecule has 4 aromatic carbocycles. The van der Waals surface area contributed by atoms with Gasteiger partial charge in [-0.05, 0) is 55.0 Å². The SMILES string of the molecule is Cc1cccc(N(c2ccccc2)c2ccc3c(c2)sc2ccccc23)c1. The Morgan fingerprint density at radius 2 is 1.26 bits per heavy atom. The van der Waals surface area contributed by atoms with Crippen LogP contribution in [0.4, 0.5) is 17.1 Å². The molecule has 5 rings (SSSR count). The number of nitrogens with zero attached hydrogens (tertiary/aromatic N) is 1. The van der Waals surface area contributed by atoms with Gasteiger partial charge in [0.1, 0.15) is 0 Å². The van der Waals surface area contributed by atoms with Crippen molar-refractivity contribution in [2.24, 2.45) is 0 Å². The topological polar surface area (TPSA) is 3.24 Å². The van der Waals surface area contributed by atoms with Crippen molar-refractivity contribution >= 4 is 48.6 Å². The second-order valence-corrected chi connectivity index (χ2v) is 7.87. The number of para-hydroxylation sites is 1. The molecule has 27 heavy (non-hydrogen) atoms. The van der Waals surface area contributed by atoms with Gasteiger partial charge in [0, 0.05) is 37.2 Å². The van der Waals surface area contributed by atoms with Crippen molar-refractivity contribution < 1.29 is 0 Å². The summed E-state index contributed by atoms with van der Waals surface area (Å²) in [7, 11) is 0. The number of benzene rings is 4. The van der Waals surface area contributed by atoms with Crippen LogP contribution in [0.1, 0.15) is 5.56 Å². The van der Waals surface area contributed by atoms with E-state index in [1.165, 1.54) is 42.8 Å². The van der Waals surface area contributed by atoms with Gasteiger partial charge in [-0.3, -0.25) is 0 Å². The minimum atomic E-state index is 1.17. The minimum absolute atomic E-state index is 1.17. The van der Waals surface area contributed by atoms with Crippen LogP contribution in [0, 0.1) is 6.92 Å². The van der Waals surface area contributed by atoms with E-state index in [1.54, 1.807) is 0 Å². The fourth-order valence-electron chi connectivity index (χ4n) is 3.65. The minimum Gasteiger partial charge on any atom is -0.310 e. The molecule has 1 heterocycles. The van der Waals surface area contributed by atoms with Crippen LogP contribution in [-0.4, -0.2) is 0 Å². The zero-order chi connectivity index (χ0) is 18.2. The van der Waals surface area contributed by atoms with Gasteiger partial charge in [0.15, 0.2) is 0 Å². The standard InChI is InChI=1S/C25H19NS/c1-18-8-7-11-20(16-18)26(19-9-3-2-4-10-19)21-14-15-23-22-12-5-6-13-24(22)27-25(23)17-21/h2-17H,1H3. The van der Waals surface area contributed by atoms with E-state index in [0.717, 1.165) is 0 Å². The van der Waals surface area contributed by atoms with Gasteiger partial charge in [0.2, 0.25) is 0 Å². The smallest absolute Gasteiger partial charge is 0.0476 e. The molecule has 0 aliphatic heterocycles. The molecule has 0 atom stereocenters. The third kappa shape index (κ3) is 2.88. The summed E-state index contributed by atoms with van der Waals surface area (Å²) in [6.45, 7) is 2.14. The molecule has 0 bridgehead atoms. The highest BCUT2D eigenvalue weighted by Gasteiger charge is 2.14. The molecule has 0 saturated heterocycles. The molecule has 0 saturated carbocycles. The second kappa shape index (κ2) is 6.57. The Morgan fingerprint density at radius 3 is 2.11 bits per heavy atom. The van der Waals surface area contributed by atoms with Crippen molar-refractivity contribution in [3.8, 4) is 0 Å². The van der Waals surface area contributed by atoms with Gasteiger partial charge in [-0.15, -0.1) is 11.3 Å². The van der Waals surface area contributed by atoms with Crippen molar-refractivity contribution in [1.82, 2.24) is 0 Å². The molecule has 1 aromatic heterocycles. The first-order valence-corrected chi connectivity index (χ1v) is 9.94. The Bertz CT molecular complexity index is 1240. The fraction of sp³-hybridized carbons (Fsp3) is 0.0400. The van der Waals surface area contributed by atoms with Crippen LogP contribution in [-0.2, 0) is 0 Å². The molecule has 0 spiro atoms. The summed E-state index contributed by atoms with van der Waals surface area (Å²) in [5, 5.41) is 2.67. The maximum atomic E-state index is 2.33. The quantitative estimate of drug-likeness (QED) is 0.315. The largest absolute Gasteiger partial charge is 0.310 e. The van der Waals surface area contributed by atoms with Gasteiger partial charge in [-0.25, -0.2) is 0 Å². The lowest BCUT2D eigenvalue weighted by molar-refractivity contribution is 1.28. The molecule has 0 aliphatic rings. The molecule has 5 aromatic rings. The normalized spacial score (nSPS) is 11.1. The van der Waals surface area contributed by atoms with Crippen molar-refractivity contribution in [2.45, 2.75) is 6.92 Å². The average Bonchev–Trinajstić information content (AvgIpc) is 3.07. The average molecular weight is 366 g/mol. The summed E-state index contributed by atoms with van der Waals surface area (Å²) < 4.78 is 2.66. The van der Waals surface area contributed by atoms with Gasteiger partial charge >= 0.3 is 0 Å². The van der Waals surface area contributed by atoms with Crippen molar-refractivity contribution in [1.29, 1.82) is 0 Å². The summed E-state index contributed by atoms with van der Waals surface area (Å²) in [4.78, 5) is 2.33.